The second kappa shape index (κ2) is 6.61. The highest BCUT2D eigenvalue weighted by atomic mass is 35.5. The van der Waals surface area contributed by atoms with Gasteiger partial charge in [-0.3, -0.25) is 4.79 Å². The Hall–Kier alpha value is -1.82. The van der Waals surface area contributed by atoms with E-state index in [1.54, 1.807) is 17.4 Å². The van der Waals surface area contributed by atoms with E-state index in [-0.39, 0.29) is 5.78 Å². The molecule has 0 aliphatic carbocycles. The van der Waals surface area contributed by atoms with Crippen LogP contribution in [0.4, 0.5) is 5.13 Å². The fraction of sp³-hybridized carbons (Fsp3) is 0.333. The molecule has 28 heavy (non-hydrogen) atoms. The smallest absolute Gasteiger partial charge is 0.186 e. The number of carbonyl (C=O) groups excluding carboxylic acids is 1. The summed E-state index contributed by atoms with van der Waals surface area (Å²) in [6, 6.07) is 9.36. The van der Waals surface area contributed by atoms with Crippen LogP contribution in [0.2, 0.25) is 10.0 Å². The molecule has 0 saturated carbocycles. The SMILES string of the molecule is Cc1cc(Cl)cc2c1OC1(CCN(c3nc4ccc(Cl)cc4s3)CC1)CC2=O. The molecular weight excluding hydrogens is 415 g/mol. The fourth-order valence-electron chi connectivity index (χ4n) is 4.12. The maximum absolute atomic E-state index is 12.8. The van der Waals surface area contributed by atoms with Crippen LogP contribution in [-0.4, -0.2) is 29.5 Å². The molecule has 1 fully saturated rings. The zero-order valence-electron chi connectivity index (χ0n) is 15.3. The minimum atomic E-state index is -0.431. The molecule has 3 aromatic rings. The number of thiazole rings is 1. The molecule has 7 heteroatoms. The van der Waals surface area contributed by atoms with Gasteiger partial charge in [-0.25, -0.2) is 4.98 Å². The topological polar surface area (TPSA) is 42.4 Å². The summed E-state index contributed by atoms with van der Waals surface area (Å²) in [5, 5.41) is 2.30. The molecule has 4 nitrogen and oxygen atoms in total. The first kappa shape index (κ1) is 18.2. The average Bonchev–Trinajstić information content (AvgIpc) is 3.06. The van der Waals surface area contributed by atoms with Gasteiger partial charge in [0.1, 0.15) is 11.4 Å². The first-order valence-corrected chi connectivity index (χ1v) is 10.8. The molecule has 1 aromatic heterocycles. The van der Waals surface area contributed by atoms with Crippen molar-refractivity contribution in [2.45, 2.75) is 31.8 Å². The van der Waals surface area contributed by atoms with Crippen LogP contribution in [0, 0.1) is 6.92 Å². The van der Waals surface area contributed by atoms with Crippen molar-refractivity contribution in [3.8, 4) is 5.75 Å². The van der Waals surface area contributed by atoms with Crippen LogP contribution in [0.25, 0.3) is 10.2 Å². The Bertz CT molecular complexity index is 1100. The Morgan fingerprint density at radius 2 is 1.93 bits per heavy atom. The minimum Gasteiger partial charge on any atom is -0.486 e. The van der Waals surface area contributed by atoms with Crippen molar-refractivity contribution in [2.24, 2.45) is 0 Å². The van der Waals surface area contributed by atoms with E-state index < -0.39 is 5.60 Å². The number of ketones is 1. The van der Waals surface area contributed by atoms with Crippen LogP contribution in [0.15, 0.2) is 30.3 Å². The first-order valence-electron chi connectivity index (χ1n) is 9.26. The number of fused-ring (bicyclic) bond motifs is 2. The molecule has 0 unspecified atom stereocenters. The van der Waals surface area contributed by atoms with Gasteiger partial charge >= 0.3 is 0 Å². The number of piperidine rings is 1. The quantitative estimate of drug-likeness (QED) is 0.478. The van der Waals surface area contributed by atoms with Crippen molar-refractivity contribution in [1.29, 1.82) is 0 Å². The average molecular weight is 433 g/mol. The number of nitrogens with zero attached hydrogens (tertiary/aromatic N) is 2. The molecule has 5 rings (SSSR count). The molecule has 2 aliphatic rings. The maximum atomic E-state index is 12.8. The number of ether oxygens (including phenoxy) is 1. The standard InChI is InChI=1S/C21H18Cl2N2O2S/c1-12-8-14(23)9-15-17(26)11-21(27-19(12)15)4-6-25(7-5-21)20-24-16-3-2-13(22)10-18(16)28-20/h2-3,8-10H,4-7,11H2,1H3. The second-order valence-corrected chi connectivity index (χ2v) is 9.46. The van der Waals surface area contributed by atoms with Crippen molar-refractivity contribution in [2.75, 3.05) is 18.0 Å². The molecule has 0 atom stereocenters. The van der Waals surface area contributed by atoms with Crippen molar-refractivity contribution >= 4 is 55.7 Å². The number of aromatic nitrogens is 1. The van der Waals surface area contributed by atoms with Crippen LogP contribution >= 0.6 is 34.5 Å². The summed E-state index contributed by atoms with van der Waals surface area (Å²) in [5.74, 6) is 0.818. The predicted octanol–water partition coefficient (Wildman–Crippen LogP) is 5.92. The third-order valence-corrected chi connectivity index (χ3v) is 7.16. The number of aryl methyl sites for hydroxylation is 1. The van der Waals surface area contributed by atoms with E-state index in [1.165, 1.54) is 0 Å². The molecule has 1 spiro atoms. The lowest BCUT2D eigenvalue weighted by atomic mass is 9.82. The van der Waals surface area contributed by atoms with Gasteiger partial charge in [0, 0.05) is 36.0 Å². The van der Waals surface area contributed by atoms with E-state index >= 15 is 0 Å². The summed E-state index contributed by atoms with van der Waals surface area (Å²) in [7, 11) is 0. The maximum Gasteiger partial charge on any atom is 0.186 e. The van der Waals surface area contributed by atoms with Gasteiger partial charge in [0.05, 0.1) is 22.2 Å². The van der Waals surface area contributed by atoms with Crippen LogP contribution in [-0.2, 0) is 0 Å². The molecule has 2 aliphatic heterocycles. The monoisotopic (exact) mass is 432 g/mol. The van der Waals surface area contributed by atoms with Gasteiger partial charge in [-0.2, -0.15) is 0 Å². The fourth-order valence-corrected chi connectivity index (χ4v) is 5.68. The second-order valence-electron chi connectivity index (χ2n) is 7.58. The number of anilines is 1. The number of Topliss-reactive ketones (excluding diaryl/α,β-unsaturated/α-hetero) is 1. The third kappa shape index (κ3) is 3.06. The van der Waals surface area contributed by atoms with Gasteiger partial charge in [-0.15, -0.1) is 0 Å². The van der Waals surface area contributed by atoms with Crippen molar-refractivity contribution in [3.05, 3.63) is 51.5 Å². The largest absolute Gasteiger partial charge is 0.486 e. The van der Waals surface area contributed by atoms with Crippen molar-refractivity contribution in [3.63, 3.8) is 0 Å². The predicted molar refractivity (Wildman–Crippen MR) is 115 cm³/mol. The highest BCUT2D eigenvalue weighted by Gasteiger charge is 2.44. The molecule has 0 N–H and O–H groups in total. The number of hydrogen-bond acceptors (Lipinski definition) is 5. The minimum absolute atomic E-state index is 0.120. The van der Waals surface area contributed by atoms with E-state index in [2.05, 4.69) is 4.90 Å². The Labute approximate surface area is 177 Å². The normalized spacial score (nSPS) is 18.4. The Kier molecular flexibility index (Phi) is 4.30. The highest BCUT2D eigenvalue weighted by Crippen LogP contribution is 2.43. The molecule has 1 saturated heterocycles. The van der Waals surface area contributed by atoms with Gasteiger partial charge in [-0.1, -0.05) is 34.5 Å². The molecule has 0 radical (unpaired) electrons. The van der Waals surface area contributed by atoms with Gasteiger partial charge in [0.15, 0.2) is 10.9 Å². The Morgan fingerprint density at radius 3 is 2.71 bits per heavy atom. The van der Waals surface area contributed by atoms with Gasteiger partial charge in [0.2, 0.25) is 0 Å². The summed E-state index contributed by atoms with van der Waals surface area (Å²) in [6.07, 6.45) is 1.98. The number of benzene rings is 2. The lowest BCUT2D eigenvalue weighted by Crippen LogP contribution is -2.51. The summed E-state index contributed by atoms with van der Waals surface area (Å²) < 4.78 is 7.53. The highest BCUT2D eigenvalue weighted by molar-refractivity contribution is 7.22. The first-order chi connectivity index (χ1) is 13.4. The van der Waals surface area contributed by atoms with E-state index in [0.29, 0.717) is 22.8 Å². The zero-order chi connectivity index (χ0) is 19.5. The lowest BCUT2D eigenvalue weighted by Gasteiger charge is -2.44. The van der Waals surface area contributed by atoms with Crippen LogP contribution in [0.3, 0.4) is 0 Å². The zero-order valence-corrected chi connectivity index (χ0v) is 17.6. The van der Waals surface area contributed by atoms with E-state index in [1.807, 2.05) is 31.2 Å². The van der Waals surface area contributed by atoms with Crippen LogP contribution in [0.5, 0.6) is 5.75 Å². The van der Waals surface area contributed by atoms with Crippen LogP contribution in [0.1, 0.15) is 35.2 Å². The van der Waals surface area contributed by atoms with Gasteiger partial charge in [-0.05, 0) is 42.8 Å². The molecular formula is C21H18Cl2N2O2S. The molecule has 144 valence electrons. The Morgan fingerprint density at radius 1 is 1.14 bits per heavy atom. The summed E-state index contributed by atoms with van der Waals surface area (Å²) in [5.41, 5.74) is 2.07. The number of carbonyl (C=O) groups is 1. The van der Waals surface area contributed by atoms with E-state index in [4.69, 9.17) is 32.9 Å². The summed E-state index contributed by atoms with van der Waals surface area (Å²) >= 11 is 13.9. The number of halogens is 2. The van der Waals surface area contributed by atoms with E-state index in [9.17, 15) is 4.79 Å². The molecule has 0 amide bonds. The van der Waals surface area contributed by atoms with Gasteiger partial charge in [0.25, 0.3) is 0 Å². The number of rotatable bonds is 1. The number of hydrogen-bond donors (Lipinski definition) is 0. The molecule has 3 heterocycles. The van der Waals surface area contributed by atoms with E-state index in [0.717, 1.165) is 51.9 Å². The molecule has 0 bridgehead atoms. The van der Waals surface area contributed by atoms with Crippen LogP contribution < -0.4 is 9.64 Å². The van der Waals surface area contributed by atoms with Gasteiger partial charge < -0.3 is 9.64 Å². The summed E-state index contributed by atoms with van der Waals surface area (Å²) in [4.78, 5) is 19.8. The lowest BCUT2D eigenvalue weighted by molar-refractivity contribution is 0.0226. The molecule has 2 aromatic carbocycles. The third-order valence-electron chi connectivity index (χ3n) is 5.63. The Balaban J connectivity index is 1.38. The summed E-state index contributed by atoms with van der Waals surface area (Å²) in [6.45, 7) is 3.56. The van der Waals surface area contributed by atoms with Crippen molar-refractivity contribution in [1.82, 2.24) is 4.98 Å². The van der Waals surface area contributed by atoms with Crippen molar-refractivity contribution < 1.29 is 9.53 Å².